The van der Waals surface area contributed by atoms with Crippen LogP contribution in [-0.4, -0.2) is 24.4 Å². The van der Waals surface area contributed by atoms with Crippen molar-refractivity contribution in [2.24, 2.45) is 51.8 Å². The van der Waals surface area contributed by atoms with E-state index >= 15 is 0 Å². The molecule has 30 heavy (non-hydrogen) atoms. The highest BCUT2D eigenvalue weighted by Crippen LogP contribution is 2.82. The van der Waals surface area contributed by atoms with Crippen molar-refractivity contribution in [2.75, 3.05) is 7.11 Å². The Morgan fingerprint density at radius 1 is 1.10 bits per heavy atom. The summed E-state index contributed by atoms with van der Waals surface area (Å²) in [6.45, 7) is 9.81. The fraction of sp³-hybridized carbons (Fsp3) is 0.929. The van der Waals surface area contributed by atoms with Crippen LogP contribution in [0, 0.1) is 51.8 Å². The van der Waals surface area contributed by atoms with Crippen LogP contribution in [0.15, 0.2) is 12.2 Å². The van der Waals surface area contributed by atoms with Crippen LogP contribution in [-0.2, 0) is 4.74 Å². The number of aliphatic hydroxyl groups excluding tert-OH is 1. The molecule has 2 nitrogen and oxygen atoms in total. The smallest absolute Gasteiger partial charge is 0.0749 e. The average Bonchev–Trinajstić information content (AvgIpc) is 3.24. The first-order chi connectivity index (χ1) is 14.3. The Balaban J connectivity index is 1.38. The third-order valence-corrected chi connectivity index (χ3v) is 11.9. The zero-order chi connectivity index (χ0) is 21.3. The maximum atomic E-state index is 10.9. The third-order valence-electron chi connectivity index (χ3n) is 11.9. The molecule has 0 aliphatic heterocycles. The number of ether oxygens (including phenoxy) is 1. The molecule has 0 aromatic heterocycles. The molecule has 1 N–H and O–H groups in total. The van der Waals surface area contributed by atoms with E-state index in [1.807, 2.05) is 7.11 Å². The average molecular weight is 415 g/mol. The first-order valence-electron chi connectivity index (χ1n) is 13.2. The summed E-state index contributed by atoms with van der Waals surface area (Å²) in [7, 11) is 1.99. The zero-order valence-electron chi connectivity index (χ0n) is 20.2. The summed E-state index contributed by atoms with van der Waals surface area (Å²) in [5.41, 5.74) is 1.46. The van der Waals surface area contributed by atoms with Crippen LogP contribution in [0.4, 0.5) is 0 Å². The summed E-state index contributed by atoms with van der Waals surface area (Å²) in [4.78, 5) is 0. The first-order valence-corrected chi connectivity index (χ1v) is 13.2. The zero-order valence-corrected chi connectivity index (χ0v) is 20.2. The lowest BCUT2D eigenvalue weighted by Gasteiger charge is -2.61. The van der Waals surface area contributed by atoms with Gasteiger partial charge in [0.1, 0.15) is 0 Å². The number of rotatable bonds is 6. The topological polar surface area (TPSA) is 29.5 Å². The van der Waals surface area contributed by atoms with Gasteiger partial charge in [0.05, 0.1) is 12.2 Å². The highest BCUT2D eigenvalue weighted by molar-refractivity contribution is 5.26. The lowest BCUT2D eigenvalue weighted by molar-refractivity contribution is -0.162. The fourth-order valence-electron chi connectivity index (χ4n) is 10.3. The molecule has 0 aromatic rings. The van der Waals surface area contributed by atoms with Crippen LogP contribution in [0.2, 0.25) is 0 Å². The Labute approximate surface area is 185 Å². The van der Waals surface area contributed by atoms with Crippen molar-refractivity contribution in [1.82, 2.24) is 0 Å². The van der Waals surface area contributed by atoms with E-state index in [0.29, 0.717) is 34.2 Å². The maximum absolute atomic E-state index is 10.9. The van der Waals surface area contributed by atoms with Crippen molar-refractivity contribution in [3.63, 3.8) is 0 Å². The Morgan fingerprint density at radius 2 is 1.90 bits per heavy atom. The molecule has 5 aliphatic carbocycles. The molecule has 0 unspecified atom stereocenters. The minimum atomic E-state index is -0.282. The van der Waals surface area contributed by atoms with E-state index in [4.69, 9.17) is 4.74 Å². The molecule has 0 aromatic carbocycles. The Bertz CT molecular complexity index is 686. The van der Waals surface area contributed by atoms with E-state index in [0.717, 1.165) is 36.5 Å². The molecule has 0 heterocycles. The van der Waals surface area contributed by atoms with Gasteiger partial charge in [-0.15, -0.1) is 0 Å². The fourth-order valence-corrected chi connectivity index (χ4v) is 10.3. The number of hydrogen-bond donors (Lipinski definition) is 1. The molecule has 5 saturated carbocycles. The number of methoxy groups -OCH3 is 1. The van der Waals surface area contributed by atoms with Gasteiger partial charge in [-0.2, -0.15) is 0 Å². The molecule has 0 saturated heterocycles. The predicted molar refractivity (Wildman–Crippen MR) is 123 cm³/mol. The second-order valence-electron chi connectivity index (χ2n) is 12.5. The Kier molecular flexibility index (Phi) is 5.26. The normalized spacial score (nSPS) is 53.7. The van der Waals surface area contributed by atoms with Crippen LogP contribution >= 0.6 is 0 Å². The van der Waals surface area contributed by atoms with Gasteiger partial charge in [0, 0.05) is 12.5 Å². The molecule has 5 fully saturated rings. The van der Waals surface area contributed by atoms with Gasteiger partial charge in [0.25, 0.3) is 0 Å². The van der Waals surface area contributed by atoms with Gasteiger partial charge in [-0.3, -0.25) is 0 Å². The molecule has 1 spiro atoms. The molecule has 11 atom stereocenters. The third kappa shape index (κ3) is 2.68. The number of allylic oxidation sites excluding steroid dienone is 1. The van der Waals surface area contributed by atoms with E-state index in [1.54, 1.807) is 0 Å². The Hall–Kier alpha value is -0.340. The van der Waals surface area contributed by atoms with Crippen molar-refractivity contribution in [2.45, 2.75) is 104 Å². The molecule has 0 bridgehead atoms. The number of fused-ring (bicyclic) bond motifs is 4. The van der Waals surface area contributed by atoms with Gasteiger partial charge in [-0.25, -0.2) is 0 Å². The SMILES string of the molecule is CCC/C=C/[C@@H](O)[C@@H](C)[C@H]1CC[C@H]2[C@@H]3C[C@@H](OC)[C@]45C[C@H]4CC[C@]5(C)[C@H]3CC[C@]12C. The van der Waals surface area contributed by atoms with Crippen molar-refractivity contribution < 1.29 is 9.84 Å². The van der Waals surface area contributed by atoms with Crippen LogP contribution in [0.3, 0.4) is 0 Å². The molecule has 2 heteroatoms. The summed E-state index contributed by atoms with van der Waals surface area (Å²) in [5, 5.41) is 10.9. The van der Waals surface area contributed by atoms with E-state index in [1.165, 1.54) is 51.4 Å². The molecule has 5 rings (SSSR count). The van der Waals surface area contributed by atoms with Crippen molar-refractivity contribution in [3.05, 3.63) is 12.2 Å². The summed E-state index contributed by atoms with van der Waals surface area (Å²) < 4.78 is 6.26. The van der Waals surface area contributed by atoms with E-state index < -0.39 is 0 Å². The predicted octanol–water partition coefficient (Wildman–Crippen LogP) is 6.62. The summed E-state index contributed by atoms with van der Waals surface area (Å²) in [5.74, 6) is 4.58. The minimum Gasteiger partial charge on any atom is -0.389 e. The second kappa shape index (κ2) is 7.34. The summed E-state index contributed by atoms with van der Waals surface area (Å²) in [6.07, 6.45) is 17.9. The number of hydrogen-bond acceptors (Lipinski definition) is 2. The van der Waals surface area contributed by atoms with Crippen molar-refractivity contribution in [3.8, 4) is 0 Å². The van der Waals surface area contributed by atoms with Gasteiger partial charge >= 0.3 is 0 Å². The van der Waals surface area contributed by atoms with Gasteiger partial charge in [0.15, 0.2) is 0 Å². The van der Waals surface area contributed by atoms with E-state index in [2.05, 4.69) is 39.8 Å². The second-order valence-corrected chi connectivity index (χ2v) is 12.5. The van der Waals surface area contributed by atoms with Crippen LogP contribution in [0.25, 0.3) is 0 Å². The largest absolute Gasteiger partial charge is 0.389 e. The van der Waals surface area contributed by atoms with Crippen molar-refractivity contribution >= 4 is 0 Å². The Morgan fingerprint density at radius 3 is 2.60 bits per heavy atom. The summed E-state index contributed by atoms with van der Waals surface area (Å²) >= 11 is 0. The van der Waals surface area contributed by atoms with Gasteiger partial charge in [0.2, 0.25) is 0 Å². The van der Waals surface area contributed by atoms with Gasteiger partial charge in [-0.1, -0.05) is 46.3 Å². The number of unbranched alkanes of at least 4 members (excludes halogenated alkanes) is 1. The minimum absolute atomic E-state index is 0.282. The molecule has 0 amide bonds. The highest BCUT2D eigenvalue weighted by atomic mass is 16.5. The lowest BCUT2D eigenvalue weighted by Crippen LogP contribution is -2.57. The molecule has 5 aliphatic rings. The molecular weight excluding hydrogens is 368 g/mol. The lowest BCUT2D eigenvalue weighted by atomic mass is 9.45. The van der Waals surface area contributed by atoms with E-state index in [9.17, 15) is 5.11 Å². The molecular formula is C28H46O2. The molecule has 170 valence electrons. The van der Waals surface area contributed by atoms with Gasteiger partial charge in [-0.05, 0) is 104 Å². The van der Waals surface area contributed by atoms with Crippen molar-refractivity contribution in [1.29, 1.82) is 0 Å². The monoisotopic (exact) mass is 414 g/mol. The maximum Gasteiger partial charge on any atom is 0.0749 e. The standard InChI is InChI=1S/C28H46O2/c1-6-7-8-9-24(29)18(2)21-10-11-22-20-16-25(30-5)28-17-19(28)12-15-27(28,4)23(20)13-14-26(21,22)3/h8-9,18-25,29H,6-7,10-17H2,1-5H3/b9-8+/t18-,19+,20-,21+,22-,23-,24+,25+,26+,27+,28-/m0/s1. The van der Waals surface area contributed by atoms with Gasteiger partial charge < -0.3 is 9.84 Å². The summed E-state index contributed by atoms with van der Waals surface area (Å²) in [6, 6.07) is 0. The quantitative estimate of drug-likeness (QED) is 0.495. The number of aliphatic hydroxyl groups is 1. The van der Waals surface area contributed by atoms with E-state index in [-0.39, 0.29) is 6.10 Å². The van der Waals surface area contributed by atoms with Crippen LogP contribution < -0.4 is 0 Å². The van der Waals surface area contributed by atoms with Crippen LogP contribution in [0.1, 0.15) is 91.9 Å². The first kappa shape index (κ1) is 21.5. The highest BCUT2D eigenvalue weighted by Gasteiger charge is 2.77. The van der Waals surface area contributed by atoms with Crippen LogP contribution in [0.5, 0.6) is 0 Å². The molecule has 0 radical (unpaired) electrons.